The molecule has 1 aromatic carbocycles. The summed E-state index contributed by atoms with van der Waals surface area (Å²) >= 11 is 0. The van der Waals surface area contributed by atoms with Crippen molar-refractivity contribution < 1.29 is 4.79 Å². The highest BCUT2D eigenvalue weighted by atomic mass is 16.2. The van der Waals surface area contributed by atoms with Crippen LogP contribution in [0.3, 0.4) is 0 Å². The maximum atomic E-state index is 12.6. The molecule has 4 nitrogen and oxygen atoms in total. The van der Waals surface area contributed by atoms with E-state index < -0.39 is 0 Å². The molecule has 0 unspecified atom stereocenters. The molecule has 1 aliphatic rings. The summed E-state index contributed by atoms with van der Waals surface area (Å²) in [6.07, 6.45) is 4.70. The highest BCUT2D eigenvalue weighted by molar-refractivity contribution is 5.81. The monoisotopic (exact) mass is 299 g/mol. The van der Waals surface area contributed by atoms with Crippen molar-refractivity contribution in [3.63, 3.8) is 0 Å². The Hall–Kier alpha value is -1.86. The van der Waals surface area contributed by atoms with Crippen LogP contribution in [0.4, 0.5) is 0 Å². The van der Waals surface area contributed by atoms with Crippen LogP contribution in [-0.4, -0.2) is 41.9 Å². The predicted octanol–water partition coefficient (Wildman–Crippen LogP) is 2.78. The van der Waals surface area contributed by atoms with Crippen LogP contribution in [0.5, 0.6) is 0 Å². The van der Waals surface area contributed by atoms with E-state index in [2.05, 4.69) is 11.0 Å². The lowest BCUT2D eigenvalue weighted by atomic mass is 10.1. The second kappa shape index (κ2) is 7.95. The molecule has 0 N–H and O–H groups in total. The Morgan fingerprint density at radius 1 is 1.32 bits per heavy atom. The maximum absolute atomic E-state index is 12.6. The minimum Gasteiger partial charge on any atom is -0.341 e. The van der Waals surface area contributed by atoms with Gasteiger partial charge in [0.2, 0.25) is 5.91 Å². The number of benzene rings is 1. The van der Waals surface area contributed by atoms with Crippen LogP contribution in [0.2, 0.25) is 0 Å². The Morgan fingerprint density at radius 3 is 2.64 bits per heavy atom. The number of hydrogen-bond donors (Lipinski definition) is 0. The Balaban J connectivity index is 1.97. The van der Waals surface area contributed by atoms with Crippen LogP contribution in [0.25, 0.3) is 0 Å². The molecule has 1 aromatic rings. The van der Waals surface area contributed by atoms with Gasteiger partial charge in [-0.1, -0.05) is 25.0 Å². The highest BCUT2D eigenvalue weighted by Gasteiger charge is 2.24. The van der Waals surface area contributed by atoms with Gasteiger partial charge in [-0.2, -0.15) is 5.26 Å². The zero-order valence-corrected chi connectivity index (χ0v) is 13.6. The third kappa shape index (κ3) is 4.32. The lowest BCUT2D eigenvalue weighted by molar-refractivity contribution is -0.136. The van der Waals surface area contributed by atoms with Gasteiger partial charge in [0.15, 0.2) is 0 Å². The van der Waals surface area contributed by atoms with Gasteiger partial charge in [-0.05, 0) is 44.5 Å². The molecule has 22 heavy (non-hydrogen) atoms. The molecule has 1 saturated heterocycles. The molecule has 1 heterocycles. The third-order valence-electron chi connectivity index (χ3n) is 4.42. The van der Waals surface area contributed by atoms with Gasteiger partial charge in [-0.15, -0.1) is 0 Å². The zero-order valence-electron chi connectivity index (χ0n) is 13.6. The summed E-state index contributed by atoms with van der Waals surface area (Å²) in [6.45, 7) is 4.43. The SMILES string of the molecule is C[C@@H](C(=O)N1CCCCCC1)N(C)Cc1cccc(C#N)c1. The summed E-state index contributed by atoms with van der Waals surface area (Å²) in [6, 6.07) is 9.60. The number of likely N-dealkylation sites (tertiary alicyclic amines) is 1. The molecule has 1 amide bonds. The molecule has 0 bridgehead atoms. The second-order valence-electron chi connectivity index (χ2n) is 6.14. The average molecular weight is 299 g/mol. The van der Waals surface area contributed by atoms with E-state index in [1.807, 2.05) is 37.1 Å². The number of hydrogen-bond acceptors (Lipinski definition) is 3. The van der Waals surface area contributed by atoms with Crippen molar-refractivity contribution in [1.29, 1.82) is 5.26 Å². The first kappa shape index (κ1) is 16.5. The Morgan fingerprint density at radius 2 is 2.00 bits per heavy atom. The average Bonchev–Trinajstić information content (AvgIpc) is 2.82. The molecule has 0 spiro atoms. The topological polar surface area (TPSA) is 47.3 Å². The first-order valence-corrected chi connectivity index (χ1v) is 8.10. The number of nitriles is 1. The van der Waals surface area contributed by atoms with Crippen molar-refractivity contribution in [1.82, 2.24) is 9.80 Å². The predicted molar refractivity (Wildman–Crippen MR) is 87.1 cm³/mol. The van der Waals surface area contributed by atoms with Crippen LogP contribution in [0.15, 0.2) is 24.3 Å². The number of nitrogens with zero attached hydrogens (tertiary/aromatic N) is 3. The van der Waals surface area contributed by atoms with E-state index in [1.54, 1.807) is 6.07 Å². The fourth-order valence-corrected chi connectivity index (χ4v) is 2.91. The molecule has 0 saturated carbocycles. The maximum Gasteiger partial charge on any atom is 0.239 e. The number of carbonyl (C=O) groups excluding carboxylic acids is 1. The summed E-state index contributed by atoms with van der Waals surface area (Å²) < 4.78 is 0. The van der Waals surface area contributed by atoms with Crippen molar-refractivity contribution in [3.05, 3.63) is 35.4 Å². The Bertz CT molecular complexity index is 542. The first-order chi connectivity index (χ1) is 10.6. The smallest absolute Gasteiger partial charge is 0.239 e. The van der Waals surface area contributed by atoms with Crippen molar-refractivity contribution in [2.24, 2.45) is 0 Å². The van der Waals surface area contributed by atoms with Crippen LogP contribution < -0.4 is 0 Å². The summed E-state index contributed by atoms with van der Waals surface area (Å²) in [5.74, 6) is 0.223. The van der Waals surface area contributed by atoms with Gasteiger partial charge in [-0.3, -0.25) is 9.69 Å². The van der Waals surface area contributed by atoms with E-state index in [9.17, 15) is 4.79 Å². The minimum atomic E-state index is -0.135. The quantitative estimate of drug-likeness (QED) is 0.859. The second-order valence-corrected chi connectivity index (χ2v) is 6.14. The number of likely N-dealkylation sites (N-methyl/N-ethyl adjacent to an activating group) is 1. The Kier molecular flexibility index (Phi) is 5.97. The first-order valence-electron chi connectivity index (χ1n) is 8.10. The molecule has 1 fully saturated rings. The largest absolute Gasteiger partial charge is 0.341 e. The molecule has 1 aliphatic heterocycles. The third-order valence-corrected chi connectivity index (χ3v) is 4.42. The van der Waals surface area contributed by atoms with E-state index >= 15 is 0 Å². The van der Waals surface area contributed by atoms with Crippen molar-refractivity contribution in [2.75, 3.05) is 20.1 Å². The van der Waals surface area contributed by atoms with E-state index in [1.165, 1.54) is 12.8 Å². The molecule has 1 atom stereocenters. The van der Waals surface area contributed by atoms with Crippen LogP contribution >= 0.6 is 0 Å². The fourth-order valence-electron chi connectivity index (χ4n) is 2.91. The molecule has 118 valence electrons. The number of carbonyl (C=O) groups is 1. The summed E-state index contributed by atoms with van der Waals surface area (Å²) in [7, 11) is 1.97. The van der Waals surface area contributed by atoms with Crippen molar-refractivity contribution in [3.8, 4) is 6.07 Å². The standard InChI is InChI=1S/C18H25N3O/c1-15(18(22)21-10-5-3-4-6-11-21)20(2)14-17-9-7-8-16(12-17)13-19/h7-9,12,15H,3-6,10-11,14H2,1-2H3/t15-/m0/s1. The van der Waals surface area contributed by atoms with Gasteiger partial charge in [0.25, 0.3) is 0 Å². The lowest BCUT2D eigenvalue weighted by Gasteiger charge is -2.29. The summed E-state index contributed by atoms with van der Waals surface area (Å²) in [5.41, 5.74) is 1.73. The molecule has 4 heteroatoms. The fraction of sp³-hybridized carbons (Fsp3) is 0.556. The van der Waals surface area contributed by atoms with Gasteiger partial charge in [0.1, 0.15) is 0 Å². The van der Waals surface area contributed by atoms with E-state index in [0.29, 0.717) is 12.1 Å². The molecule has 2 rings (SSSR count). The van der Waals surface area contributed by atoms with Crippen LogP contribution in [0.1, 0.15) is 43.7 Å². The highest BCUT2D eigenvalue weighted by Crippen LogP contribution is 2.14. The van der Waals surface area contributed by atoms with Crippen LogP contribution in [-0.2, 0) is 11.3 Å². The number of amides is 1. The lowest BCUT2D eigenvalue weighted by Crippen LogP contribution is -2.45. The number of rotatable bonds is 4. The minimum absolute atomic E-state index is 0.135. The molecular weight excluding hydrogens is 274 g/mol. The van der Waals surface area contributed by atoms with Crippen molar-refractivity contribution in [2.45, 2.75) is 45.2 Å². The summed E-state index contributed by atoms with van der Waals surface area (Å²) in [4.78, 5) is 16.7. The summed E-state index contributed by atoms with van der Waals surface area (Å²) in [5, 5.41) is 8.97. The zero-order chi connectivity index (χ0) is 15.9. The van der Waals surface area contributed by atoms with Gasteiger partial charge in [0, 0.05) is 19.6 Å². The van der Waals surface area contributed by atoms with Gasteiger partial charge in [0.05, 0.1) is 17.7 Å². The van der Waals surface area contributed by atoms with E-state index in [0.717, 1.165) is 31.5 Å². The van der Waals surface area contributed by atoms with Crippen molar-refractivity contribution >= 4 is 5.91 Å². The van der Waals surface area contributed by atoms with Crippen LogP contribution in [0, 0.1) is 11.3 Å². The normalized spacial score (nSPS) is 16.9. The molecular formula is C18H25N3O. The van der Waals surface area contributed by atoms with Gasteiger partial charge >= 0.3 is 0 Å². The van der Waals surface area contributed by atoms with E-state index in [-0.39, 0.29) is 11.9 Å². The Labute approximate surface area is 133 Å². The molecule has 0 radical (unpaired) electrons. The van der Waals surface area contributed by atoms with Gasteiger partial charge in [-0.25, -0.2) is 0 Å². The molecule has 0 aliphatic carbocycles. The van der Waals surface area contributed by atoms with Gasteiger partial charge < -0.3 is 4.90 Å². The van der Waals surface area contributed by atoms with E-state index in [4.69, 9.17) is 5.26 Å². The molecule has 0 aromatic heterocycles.